The molecule has 0 radical (unpaired) electrons. The van der Waals surface area contributed by atoms with Crippen LogP contribution in [0.25, 0.3) is 10.8 Å². The van der Waals surface area contributed by atoms with Crippen LogP contribution < -0.4 is 4.83 Å². The number of hydrazone groups is 1. The van der Waals surface area contributed by atoms with E-state index in [1.54, 1.807) is 43.3 Å². The Labute approximate surface area is 146 Å². The van der Waals surface area contributed by atoms with Crippen LogP contribution in [0.5, 0.6) is 5.75 Å². The van der Waals surface area contributed by atoms with Crippen molar-refractivity contribution in [2.45, 2.75) is 18.7 Å². The fourth-order valence-corrected chi connectivity index (χ4v) is 3.41. The molecule has 128 valence electrons. The molecule has 2 N–H and O–H groups in total. The van der Waals surface area contributed by atoms with E-state index in [0.29, 0.717) is 11.3 Å². The van der Waals surface area contributed by atoms with Crippen LogP contribution >= 0.6 is 0 Å². The van der Waals surface area contributed by atoms with Gasteiger partial charge in [-0.2, -0.15) is 18.4 Å². The van der Waals surface area contributed by atoms with Gasteiger partial charge >= 0.3 is 0 Å². The Morgan fingerprint density at radius 1 is 1.00 bits per heavy atom. The Kier molecular flexibility index (Phi) is 4.46. The van der Waals surface area contributed by atoms with Crippen LogP contribution in [0.4, 0.5) is 0 Å². The molecule has 0 heterocycles. The van der Waals surface area contributed by atoms with Crippen molar-refractivity contribution in [1.82, 2.24) is 4.83 Å². The van der Waals surface area contributed by atoms with Crippen molar-refractivity contribution in [3.8, 4) is 5.75 Å². The van der Waals surface area contributed by atoms with Crippen LogP contribution in [0.3, 0.4) is 0 Å². The fraction of sp³-hybridized carbons (Fsp3) is 0.105. The number of aryl methyl sites for hydroxylation is 1. The summed E-state index contributed by atoms with van der Waals surface area (Å²) >= 11 is 0. The van der Waals surface area contributed by atoms with Gasteiger partial charge in [0.15, 0.2) is 0 Å². The van der Waals surface area contributed by atoms with Gasteiger partial charge in [0.1, 0.15) is 5.75 Å². The molecule has 3 aromatic carbocycles. The zero-order valence-electron chi connectivity index (χ0n) is 13.9. The van der Waals surface area contributed by atoms with Crippen molar-refractivity contribution in [3.05, 3.63) is 71.8 Å². The highest BCUT2D eigenvalue weighted by Gasteiger charge is 2.14. The molecular weight excluding hydrogens is 336 g/mol. The van der Waals surface area contributed by atoms with Gasteiger partial charge in [0.05, 0.1) is 10.6 Å². The Hall–Kier alpha value is -2.86. The third-order valence-electron chi connectivity index (χ3n) is 3.91. The number of benzene rings is 3. The van der Waals surface area contributed by atoms with E-state index in [1.165, 1.54) is 0 Å². The predicted octanol–water partition coefficient (Wildman–Crippen LogP) is 3.56. The highest BCUT2D eigenvalue weighted by molar-refractivity contribution is 7.89. The summed E-state index contributed by atoms with van der Waals surface area (Å²) in [4.78, 5) is 2.37. The van der Waals surface area contributed by atoms with Gasteiger partial charge in [-0.1, -0.05) is 42.0 Å². The first-order valence-corrected chi connectivity index (χ1v) is 9.20. The molecule has 0 aliphatic carbocycles. The number of nitrogens with one attached hydrogen (secondary N) is 1. The summed E-state index contributed by atoms with van der Waals surface area (Å²) in [5.74, 6) is 0.0525. The lowest BCUT2D eigenvalue weighted by Crippen LogP contribution is -2.20. The molecule has 0 unspecified atom stereocenters. The van der Waals surface area contributed by atoms with E-state index in [2.05, 4.69) is 9.93 Å². The third kappa shape index (κ3) is 3.64. The van der Waals surface area contributed by atoms with Crippen LogP contribution in [0, 0.1) is 6.92 Å². The number of nitrogens with zero attached hydrogens (tertiary/aromatic N) is 1. The molecule has 25 heavy (non-hydrogen) atoms. The summed E-state index contributed by atoms with van der Waals surface area (Å²) in [5.41, 5.74) is 1.81. The van der Waals surface area contributed by atoms with Crippen molar-refractivity contribution >= 4 is 26.5 Å². The van der Waals surface area contributed by atoms with E-state index in [1.807, 2.05) is 31.2 Å². The maximum Gasteiger partial charge on any atom is 0.276 e. The average molecular weight is 354 g/mol. The summed E-state index contributed by atoms with van der Waals surface area (Å²) in [7, 11) is -3.80. The maximum atomic E-state index is 12.5. The molecule has 0 atom stereocenters. The zero-order valence-corrected chi connectivity index (χ0v) is 14.7. The minimum atomic E-state index is -3.80. The molecule has 0 aliphatic rings. The molecule has 5 nitrogen and oxygen atoms in total. The largest absolute Gasteiger partial charge is 0.507 e. The molecule has 0 bridgehead atoms. The van der Waals surface area contributed by atoms with Crippen LogP contribution in [-0.2, 0) is 10.0 Å². The number of fused-ring (bicyclic) bond motifs is 1. The zero-order chi connectivity index (χ0) is 18.0. The number of aromatic hydroxyl groups is 1. The van der Waals surface area contributed by atoms with Crippen molar-refractivity contribution < 1.29 is 13.5 Å². The summed E-state index contributed by atoms with van der Waals surface area (Å²) in [6, 6.07) is 17.5. The van der Waals surface area contributed by atoms with Crippen LogP contribution in [-0.4, -0.2) is 19.2 Å². The van der Waals surface area contributed by atoms with Crippen molar-refractivity contribution in [2.75, 3.05) is 0 Å². The average Bonchev–Trinajstić information content (AvgIpc) is 2.61. The van der Waals surface area contributed by atoms with Crippen LogP contribution in [0.2, 0.25) is 0 Å². The van der Waals surface area contributed by atoms with Gasteiger partial charge < -0.3 is 5.11 Å². The van der Waals surface area contributed by atoms with Crippen molar-refractivity contribution in [1.29, 1.82) is 0 Å². The fourth-order valence-electron chi connectivity index (χ4n) is 2.52. The normalized spacial score (nSPS) is 12.3. The van der Waals surface area contributed by atoms with E-state index in [4.69, 9.17) is 0 Å². The number of phenolic OH excluding ortho intramolecular Hbond substituents is 1. The molecule has 3 aromatic rings. The van der Waals surface area contributed by atoms with Gasteiger partial charge in [-0.3, -0.25) is 0 Å². The van der Waals surface area contributed by atoms with Gasteiger partial charge in [-0.15, -0.1) is 0 Å². The Morgan fingerprint density at radius 2 is 1.72 bits per heavy atom. The highest BCUT2D eigenvalue weighted by atomic mass is 32.2. The lowest BCUT2D eigenvalue weighted by molar-refractivity contribution is 0.474. The Balaban J connectivity index is 1.91. The first kappa shape index (κ1) is 17.0. The summed E-state index contributed by atoms with van der Waals surface area (Å²) in [5, 5.41) is 15.7. The number of hydrogen-bond donors (Lipinski definition) is 2. The van der Waals surface area contributed by atoms with E-state index < -0.39 is 10.0 Å². The molecule has 0 aliphatic heterocycles. The lowest BCUT2D eigenvalue weighted by atomic mass is 10.1. The molecule has 0 amide bonds. The summed E-state index contributed by atoms with van der Waals surface area (Å²) < 4.78 is 25.0. The van der Waals surface area contributed by atoms with E-state index in [0.717, 1.165) is 16.3 Å². The second kappa shape index (κ2) is 6.57. The van der Waals surface area contributed by atoms with Crippen molar-refractivity contribution in [3.63, 3.8) is 0 Å². The van der Waals surface area contributed by atoms with Crippen LogP contribution in [0.1, 0.15) is 18.1 Å². The SMILES string of the molecule is C/C(=N/NS(=O)(=O)c1ccc2ccccc2c1)c1cc(C)ccc1O. The Morgan fingerprint density at radius 3 is 2.48 bits per heavy atom. The Bertz CT molecular complexity index is 1070. The third-order valence-corrected chi connectivity index (χ3v) is 5.11. The van der Waals surface area contributed by atoms with Gasteiger partial charge in [0.25, 0.3) is 10.0 Å². The minimum Gasteiger partial charge on any atom is -0.507 e. The smallest absolute Gasteiger partial charge is 0.276 e. The topological polar surface area (TPSA) is 78.8 Å². The molecule has 6 heteroatoms. The standard InChI is InChI=1S/C19H18N2O3S/c1-13-7-10-19(22)18(11-13)14(2)20-21-25(23,24)17-9-8-15-5-3-4-6-16(15)12-17/h3-12,21-22H,1-2H3/b20-14-. The molecule has 0 saturated heterocycles. The second-order valence-electron chi connectivity index (χ2n) is 5.82. The quantitative estimate of drug-likeness (QED) is 0.555. The number of rotatable bonds is 4. The van der Waals surface area contributed by atoms with Gasteiger partial charge in [-0.25, -0.2) is 0 Å². The maximum absolute atomic E-state index is 12.5. The highest BCUT2D eigenvalue weighted by Crippen LogP contribution is 2.20. The van der Waals surface area contributed by atoms with E-state index in [9.17, 15) is 13.5 Å². The molecule has 0 spiro atoms. The molecule has 0 fully saturated rings. The first-order valence-electron chi connectivity index (χ1n) is 7.72. The van der Waals surface area contributed by atoms with Gasteiger partial charge in [-0.05, 0) is 48.9 Å². The van der Waals surface area contributed by atoms with E-state index >= 15 is 0 Å². The van der Waals surface area contributed by atoms with Crippen LogP contribution in [0.15, 0.2) is 70.7 Å². The first-order chi connectivity index (χ1) is 11.9. The van der Waals surface area contributed by atoms with Gasteiger partial charge in [0, 0.05) is 5.56 Å². The molecule has 0 saturated carbocycles. The molecular formula is C19H18N2O3S. The monoisotopic (exact) mass is 354 g/mol. The predicted molar refractivity (Wildman–Crippen MR) is 99.3 cm³/mol. The molecule has 0 aromatic heterocycles. The molecule has 3 rings (SSSR count). The summed E-state index contributed by atoms with van der Waals surface area (Å²) in [6.45, 7) is 3.52. The number of sulfonamides is 1. The lowest BCUT2D eigenvalue weighted by Gasteiger charge is -2.08. The van der Waals surface area contributed by atoms with Crippen molar-refractivity contribution in [2.24, 2.45) is 5.10 Å². The second-order valence-corrected chi connectivity index (χ2v) is 7.48. The number of phenols is 1. The van der Waals surface area contributed by atoms with Gasteiger partial charge in [0.2, 0.25) is 0 Å². The summed E-state index contributed by atoms with van der Waals surface area (Å²) in [6.07, 6.45) is 0. The minimum absolute atomic E-state index is 0.0525. The van der Waals surface area contributed by atoms with E-state index in [-0.39, 0.29) is 10.6 Å². The number of hydrogen-bond acceptors (Lipinski definition) is 4.